The number of hydrogen-bond acceptors (Lipinski definition) is 6. The van der Waals surface area contributed by atoms with Crippen LogP contribution in [0.25, 0.3) is 6.08 Å². The molecule has 2 aromatic rings. The van der Waals surface area contributed by atoms with Crippen LogP contribution in [0.1, 0.15) is 81.9 Å². The molecule has 36 heavy (non-hydrogen) atoms. The topological polar surface area (TPSA) is 78.9 Å². The van der Waals surface area contributed by atoms with Crippen LogP contribution in [-0.4, -0.2) is 24.3 Å². The quantitative estimate of drug-likeness (QED) is 0.172. The van der Waals surface area contributed by atoms with Crippen LogP contribution in [0.15, 0.2) is 36.4 Å². The number of aryl methyl sites for hydroxylation is 2. The summed E-state index contributed by atoms with van der Waals surface area (Å²) in [5.41, 5.74) is 1.30. The number of carbonyl (C=O) groups excluding carboxylic acids is 3. The molecule has 0 bridgehead atoms. The summed E-state index contributed by atoms with van der Waals surface area (Å²) in [4.78, 5) is 37.7. The van der Waals surface area contributed by atoms with Gasteiger partial charge in [0.25, 0.3) is 0 Å². The lowest BCUT2D eigenvalue weighted by Gasteiger charge is -2.21. The third kappa shape index (κ3) is 7.54. The summed E-state index contributed by atoms with van der Waals surface area (Å²) >= 11 is 0. The Morgan fingerprint density at radius 3 is 1.86 bits per heavy atom. The molecule has 194 valence electrons. The first-order valence-electron chi connectivity index (χ1n) is 12.2. The number of allylic oxidation sites excluding steroid dienone is 1. The fourth-order valence-corrected chi connectivity index (χ4v) is 3.11. The van der Waals surface area contributed by atoms with E-state index in [0.29, 0.717) is 35.0 Å². The highest BCUT2D eigenvalue weighted by Crippen LogP contribution is 2.38. The van der Waals surface area contributed by atoms with Gasteiger partial charge in [0.05, 0.1) is 23.0 Å². The Kier molecular flexibility index (Phi) is 9.25. The third-order valence-corrected chi connectivity index (χ3v) is 5.26. The van der Waals surface area contributed by atoms with E-state index in [0.717, 1.165) is 17.5 Å². The number of ether oxygens (including phenoxy) is 3. The Morgan fingerprint density at radius 1 is 0.806 bits per heavy atom. The van der Waals surface area contributed by atoms with E-state index in [9.17, 15) is 14.4 Å². The van der Waals surface area contributed by atoms with Crippen LogP contribution in [0.5, 0.6) is 17.2 Å². The summed E-state index contributed by atoms with van der Waals surface area (Å²) in [6, 6.07) is 8.30. The van der Waals surface area contributed by atoms with E-state index in [4.69, 9.17) is 14.2 Å². The average molecular weight is 495 g/mol. The Labute approximate surface area is 214 Å². The molecule has 0 aromatic heterocycles. The van der Waals surface area contributed by atoms with E-state index in [-0.39, 0.29) is 17.7 Å². The van der Waals surface area contributed by atoms with E-state index in [2.05, 4.69) is 0 Å². The summed E-state index contributed by atoms with van der Waals surface area (Å²) in [6.07, 6.45) is 3.86. The highest BCUT2D eigenvalue weighted by Gasteiger charge is 2.27. The van der Waals surface area contributed by atoms with Crippen LogP contribution in [-0.2, 0) is 9.59 Å². The predicted octanol–water partition coefficient (Wildman–Crippen LogP) is 6.89. The molecular weight excluding hydrogens is 456 g/mol. The average Bonchev–Trinajstić information content (AvgIpc) is 2.77. The lowest BCUT2D eigenvalue weighted by Crippen LogP contribution is -2.26. The first-order chi connectivity index (χ1) is 16.6. The Morgan fingerprint density at radius 2 is 1.33 bits per heavy atom. The van der Waals surface area contributed by atoms with Crippen LogP contribution in [0.3, 0.4) is 0 Å². The zero-order valence-electron chi connectivity index (χ0n) is 22.9. The smallest absolute Gasteiger partial charge is 0.316 e. The number of rotatable bonds is 8. The maximum Gasteiger partial charge on any atom is 0.316 e. The van der Waals surface area contributed by atoms with Crippen LogP contribution in [0.2, 0.25) is 0 Å². The molecule has 0 aliphatic heterocycles. The fraction of sp³-hybridized carbons (Fsp3) is 0.433. The molecule has 0 saturated carbocycles. The molecular formula is C30H38O6. The Hall–Kier alpha value is -3.41. The van der Waals surface area contributed by atoms with Gasteiger partial charge in [0, 0.05) is 5.56 Å². The van der Waals surface area contributed by atoms with Gasteiger partial charge in [-0.2, -0.15) is 0 Å². The van der Waals surface area contributed by atoms with Gasteiger partial charge in [0.2, 0.25) is 0 Å². The van der Waals surface area contributed by atoms with Crippen molar-refractivity contribution in [2.45, 2.75) is 68.7 Å². The van der Waals surface area contributed by atoms with Crippen molar-refractivity contribution in [1.29, 1.82) is 0 Å². The molecule has 0 aliphatic carbocycles. The number of carbonyl (C=O) groups is 3. The lowest BCUT2D eigenvalue weighted by atomic mass is 9.97. The fourth-order valence-electron chi connectivity index (χ4n) is 3.11. The van der Waals surface area contributed by atoms with Crippen LogP contribution in [0, 0.1) is 24.7 Å². The second-order valence-electron chi connectivity index (χ2n) is 10.9. The molecule has 6 heteroatoms. The van der Waals surface area contributed by atoms with E-state index in [1.807, 2.05) is 26.8 Å². The minimum Gasteiger partial charge on any atom is -0.493 e. The zero-order valence-corrected chi connectivity index (χ0v) is 22.9. The molecule has 0 fully saturated rings. The lowest BCUT2D eigenvalue weighted by molar-refractivity contribution is -0.143. The molecule has 0 radical (unpaired) electrons. The van der Waals surface area contributed by atoms with Crippen molar-refractivity contribution in [2.75, 3.05) is 6.61 Å². The van der Waals surface area contributed by atoms with Gasteiger partial charge in [-0.05, 0) is 115 Å². The normalized spacial score (nSPS) is 11.9. The van der Waals surface area contributed by atoms with Crippen molar-refractivity contribution >= 4 is 23.8 Å². The number of benzene rings is 2. The summed E-state index contributed by atoms with van der Waals surface area (Å²) < 4.78 is 17.2. The Bertz CT molecular complexity index is 1140. The van der Waals surface area contributed by atoms with Crippen molar-refractivity contribution in [3.8, 4) is 17.2 Å². The molecule has 0 aliphatic rings. The van der Waals surface area contributed by atoms with Crippen molar-refractivity contribution in [2.24, 2.45) is 10.8 Å². The molecule has 0 unspecified atom stereocenters. The number of hydrogen-bond donors (Lipinski definition) is 0. The maximum atomic E-state index is 13.0. The van der Waals surface area contributed by atoms with E-state index in [1.165, 1.54) is 6.08 Å². The highest BCUT2D eigenvalue weighted by molar-refractivity contribution is 6.07. The van der Waals surface area contributed by atoms with Gasteiger partial charge >= 0.3 is 11.9 Å². The zero-order chi connectivity index (χ0) is 27.3. The van der Waals surface area contributed by atoms with Gasteiger partial charge in [0.15, 0.2) is 5.78 Å². The van der Waals surface area contributed by atoms with E-state index in [1.54, 1.807) is 71.9 Å². The number of esters is 2. The monoisotopic (exact) mass is 494 g/mol. The van der Waals surface area contributed by atoms with Crippen molar-refractivity contribution in [1.82, 2.24) is 0 Å². The maximum absolute atomic E-state index is 13.0. The van der Waals surface area contributed by atoms with Gasteiger partial charge in [-0.25, -0.2) is 0 Å². The molecule has 6 nitrogen and oxygen atoms in total. The summed E-state index contributed by atoms with van der Waals surface area (Å²) in [6.45, 7) is 17.0. The molecule has 0 spiro atoms. The van der Waals surface area contributed by atoms with Gasteiger partial charge in [-0.3, -0.25) is 14.4 Å². The summed E-state index contributed by atoms with van der Waals surface area (Å²) in [5.74, 6) is 0.340. The molecule has 0 heterocycles. The molecule has 0 saturated heterocycles. The summed E-state index contributed by atoms with van der Waals surface area (Å²) in [7, 11) is 0. The van der Waals surface area contributed by atoms with E-state index >= 15 is 0 Å². The molecule has 2 rings (SSSR count). The second-order valence-corrected chi connectivity index (χ2v) is 10.9. The first kappa shape index (κ1) is 28.8. The second kappa shape index (κ2) is 11.5. The highest BCUT2D eigenvalue weighted by atomic mass is 16.5. The van der Waals surface area contributed by atoms with Crippen LogP contribution in [0.4, 0.5) is 0 Å². The molecule has 2 aromatic carbocycles. The molecule has 0 amide bonds. The standard InChI is InChI=1S/C30H38O6/c1-10-17-34-25-19(2)18-20(3)26(36-28(33)30(7,8)9)23(25)15-16-24(31)21-11-13-22(14-12-21)35-27(32)29(4,5)6/h11-16,18H,10,17H2,1-9H3. The SMILES string of the molecule is CCCOc1c(C)cc(C)c(OC(=O)C(C)(C)C)c1C=CC(=O)c1ccc(OC(=O)C(C)(C)C)cc1. The van der Waals surface area contributed by atoms with Crippen molar-refractivity contribution in [3.63, 3.8) is 0 Å². The third-order valence-electron chi connectivity index (χ3n) is 5.26. The number of ketones is 1. The van der Waals surface area contributed by atoms with Gasteiger partial charge in [-0.15, -0.1) is 0 Å². The van der Waals surface area contributed by atoms with Gasteiger partial charge < -0.3 is 14.2 Å². The first-order valence-corrected chi connectivity index (χ1v) is 12.2. The summed E-state index contributed by atoms with van der Waals surface area (Å²) in [5, 5.41) is 0. The van der Waals surface area contributed by atoms with Crippen molar-refractivity contribution in [3.05, 3.63) is 58.7 Å². The van der Waals surface area contributed by atoms with Gasteiger partial charge in [0.1, 0.15) is 17.2 Å². The van der Waals surface area contributed by atoms with Gasteiger partial charge in [-0.1, -0.05) is 6.92 Å². The Balaban J connectivity index is 2.41. The van der Waals surface area contributed by atoms with Crippen LogP contribution < -0.4 is 14.2 Å². The predicted molar refractivity (Wildman–Crippen MR) is 142 cm³/mol. The molecule has 0 atom stereocenters. The minimum atomic E-state index is -0.698. The minimum absolute atomic E-state index is 0.252. The van der Waals surface area contributed by atoms with Crippen LogP contribution >= 0.6 is 0 Å². The largest absolute Gasteiger partial charge is 0.493 e. The molecule has 0 N–H and O–H groups in total. The van der Waals surface area contributed by atoms with Crippen molar-refractivity contribution < 1.29 is 28.6 Å². The van der Waals surface area contributed by atoms with E-state index < -0.39 is 10.8 Å².